The minimum Gasteiger partial charge on any atom is -0.379 e. The van der Waals surface area contributed by atoms with E-state index >= 15 is 0 Å². The topological polar surface area (TPSA) is 59.6 Å². The van der Waals surface area contributed by atoms with Gasteiger partial charge in [-0.05, 0) is 57.4 Å². The number of carbonyl (C=O) groups is 1. The zero-order valence-corrected chi connectivity index (χ0v) is 21.5. The normalized spacial score (nSPS) is 13.5. The van der Waals surface area contributed by atoms with E-state index in [1.165, 1.54) is 51.4 Å². The summed E-state index contributed by atoms with van der Waals surface area (Å²) in [5, 5.41) is 6.61. The fourth-order valence-electron chi connectivity index (χ4n) is 3.40. The van der Waals surface area contributed by atoms with Crippen LogP contribution in [0.2, 0.25) is 0 Å². The maximum Gasteiger partial charge on any atom is 0.220 e. The quantitative estimate of drug-likeness (QED) is 0.199. The molecule has 0 aliphatic heterocycles. The molecule has 5 heteroatoms. The van der Waals surface area contributed by atoms with Crippen molar-refractivity contribution in [1.29, 1.82) is 0 Å². The van der Waals surface area contributed by atoms with Crippen LogP contribution in [0, 0.1) is 11.8 Å². The molecule has 0 heterocycles. The van der Waals surface area contributed by atoms with Crippen molar-refractivity contribution >= 4 is 5.91 Å². The molecule has 0 aromatic carbocycles. The maximum absolute atomic E-state index is 12.0. The van der Waals surface area contributed by atoms with Crippen molar-refractivity contribution in [2.24, 2.45) is 11.8 Å². The fourth-order valence-corrected chi connectivity index (χ4v) is 3.40. The van der Waals surface area contributed by atoms with Gasteiger partial charge in [-0.1, -0.05) is 59.8 Å². The molecule has 2 unspecified atom stereocenters. The van der Waals surface area contributed by atoms with Crippen LogP contribution in [0.4, 0.5) is 0 Å². The predicted molar refractivity (Wildman–Crippen MR) is 133 cm³/mol. The van der Waals surface area contributed by atoms with Crippen molar-refractivity contribution in [2.75, 3.05) is 39.5 Å². The van der Waals surface area contributed by atoms with Crippen LogP contribution in [0.15, 0.2) is 0 Å². The van der Waals surface area contributed by atoms with Gasteiger partial charge in [0.1, 0.15) is 0 Å². The van der Waals surface area contributed by atoms with E-state index in [0.717, 1.165) is 26.0 Å². The van der Waals surface area contributed by atoms with Gasteiger partial charge in [0, 0.05) is 25.6 Å². The van der Waals surface area contributed by atoms with Crippen LogP contribution in [0.1, 0.15) is 105 Å². The summed E-state index contributed by atoms with van der Waals surface area (Å²) in [6, 6.07) is 0.568. The van der Waals surface area contributed by atoms with Crippen LogP contribution in [-0.2, 0) is 14.3 Å². The highest BCUT2D eigenvalue weighted by atomic mass is 16.5. The van der Waals surface area contributed by atoms with Crippen LogP contribution in [0.25, 0.3) is 0 Å². The minimum absolute atomic E-state index is 0.137. The first-order valence-electron chi connectivity index (χ1n) is 13.1. The standard InChI is InChI=1S/C26H54N2O3/c1-6-7-8-9-10-11-17-27-25(5)14-12-24(4)13-15-26(29)28-18-20-31-22-21-30-19-16-23(2)3/h23-25,27H,6-22H2,1-5H3,(H,28,29). The summed E-state index contributed by atoms with van der Waals surface area (Å²) in [6.45, 7) is 15.5. The molecule has 0 aromatic heterocycles. The van der Waals surface area contributed by atoms with Gasteiger partial charge in [0.05, 0.1) is 19.8 Å². The highest BCUT2D eigenvalue weighted by Crippen LogP contribution is 2.14. The summed E-state index contributed by atoms with van der Waals surface area (Å²) in [5.74, 6) is 1.40. The Balaban J connectivity index is 3.46. The molecule has 2 atom stereocenters. The molecular formula is C26H54N2O3. The molecule has 5 nitrogen and oxygen atoms in total. The largest absolute Gasteiger partial charge is 0.379 e. The van der Waals surface area contributed by atoms with Gasteiger partial charge in [-0.2, -0.15) is 0 Å². The third-order valence-electron chi connectivity index (χ3n) is 5.76. The first kappa shape index (κ1) is 30.4. The zero-order valence-electron chi connectivity index (χ0n) is 21.5. The van der Waals surface area contributed by atoms with Crippen molar-refractivity contribution in [1.82, 2.24) is 10.6 Å². The first-order chi connectivity index (χ1) is 15.0. The lowest BCUT2D eigenvalue weighted by molar-refractivity contribution is -0.121. The predicted octanol–water partition coefficient (Wildman–Crippen LogP) is 5.72. The molecule has 1 amide bonds. The van der Waals surface area contributed by atoms with E-state index in [1.807, 2.05) is 0 Å². The second kappa shape index (κ2) is 22.5. The van der Waals surface area contributed by atoms with E-state index in [2.05, 4.69) is 45.3 Å². The van der Waals surface area contributed by atoms with Crippen LogP contribution >= 0.6 is 0 Å². The SMILES string of the molecule is CCCCCCCCNC(C)CCC(C)CCC(=O)NCCOCCOCCC(C)C. The molecule has 0 saturated carbocycles. The molecule has 31 heavy (non-hydrogen) atoms. The Kier molecular flexibility index (Phi) is 22.1. The third kappa shape index (κ3) is 23.8. The van der Waals surface area contributed by atoms with Gasteiger partial charge in [0.25, 0.3) is 0 Å². The molecule has 0 aromatic rings. The highest BCUT2D eigenvalue weighted by Gasteiger charge is 2.09. The van der Waals surface area contributed by atoms with Gasteiger partial charge >= 0.3 is 0 Å². The molecule has 0 saturated heterocycles. The minimum atomic E-state index is 0.137. The van der Waals surface area contributed by atoms with E-state index in [4.69, 9.17) is 9.47 Å². The number of ether oxygens (including phenoxy) is 2. The summed E-state index contributed by atoms with van der Waals surface area (Å²) in [5.41, 5.74) is 0. The van der Waals surface area contributed by atoms with E-state index in [0.29, 0.717) is 50.7 Å². The van der Waals surface area contributed by atoms with Crippen molar-refractivity contribution in [3.8, 4) is 0 Å². The average Bonchev–Trinajstić information content (AvgIpc) is 2.74. The van der Waals surface area contributed by atoms with Gasteiger partial charge in [-0.3, -0.25) is 4.79 Å². The van der Waals surface area contributed by atoms with Crippen molar-refractivity contribution in [3.05, 3.63) is 0 Å². The van der Waals surface area contributed by atoms with Crippen molar-refractivity contribution in [2.45, 2.75) is 111 Å². The second-order valence-corrected chi connectivity index (χ2v) is 9.60. The van der Waals surface area contributed by atoms with E-state index in [1.54, 1.807) is 0 Å². The molecule has 186 valence electrons. The maximum atomic E-state index is 12.0. The van der Waals surface area contributed by atoms with Crippen LogP contribution in [0.3, 0.4) is 0 Å². The Morgan fingerprint density at radius 3 is 2.13 bits per heavy atom. The Hall–Kier alpha value is -0.650. The number of rotatable bonds is 23. The Bertz CT molecular complexity index is 391. The van der Waals surface area contributed by atoms with Crippen LogP contribution in [-0.4, -0.2) is 51.5 Å². The lowest BCUT2D eigenvalue weighted by Crippen LogP contribution is -2.28. The molecule has 0 radical (unpaired) electrons. The molecule has 0 rings (SSSR count). The van der Waals surface area contributed by atoms with E-state index in [-0.39, 0.29) is 5.91 Å². The first-order valence-corrected chi connectivity index (χ1v) is 13.1. The van der Waals surface area contributed by atoms with E-state index in [9.17, 15) is 4.79 Å². The zero-order chi connectivity index (χ0) is 23.2. The smallest absolute Gasteiger partial charge is 0.220 e. The Labute approximate surface area is 193 Å². The fraction of sp³-hybridized carbons (Fsp3) is 0.962. The van der Waals surface area contributed by atoms with Crippen molar-refractivity contribution < 1.29 is 14.3 Å². The van der Waals surface area contributed by atoms with Gasteiger partial charge in [-0.25, -0.2) is 0 Å². The molecule has 2 N–H and O–H groups in total. The van der Waals surface area contributed by atoms with Crippen LogP contribution in [0.5, 0.6) is 0 Å². The monoisotopic (exact) mass is 442 g/mol. The summed E-state index contributed by atoms with van der Waals surface area (Å²) in [6.07, 6.45) is 13.1. The number of hydrogen-bond donors (Lipinski definition) is 2. The average molecular weight is 443 g/mol. The van der Waals surface area contributed by atoms with Crippen molar-refractivity contribution in [3.63, 3.8) is 0 Å². The Morgan fingerprint density at radius 1 is 0.742 bits per heavy atom. The summed E-state index contributed by atoms with van der Waals surface area (Å²) in [7, 11) is 0. The summed E-state index contributed by atoms with van der Waals surface area (Å²) >= 11 is 0. The molecular weight excluding hydrogens is 388 g/mol. The van der Waals surface area contributed by atoms with Crippen LogP contribution < -0.4 is 10.6 Å². The highest BCUT2D eigenvalue weighted by molar-refractivity contribution is 5.75. The molecule has 0 bridgehead atoms. The lowest BCUT2D eigenvalue weighted by atomic mass is 9.97. The summed E-state index contributed by atoms with van der Waals surface area (Å²) < 4.78 is 11.0. The molecule has 0 fully saturated rings. The van der Waals surface area contributed by atoms with Gasteiger partial charge in [-0.15, -0.1) is 0 Å². The second-order valence-electron chi connectivity index (χ2n) is 9.60. The van der Waals surface area contributed by atoms with Gasteiger partial charge < -0.3 is 20.1 Å². The molecule has 0 spiro atoms. The molecule has 0 aliphatic carbocycles. The van der Waals surface area contributed by atoms with E-state index < -0.39 is 0 Å². The lowest BCUT2D eigenvalue weighted by Gasteiger charge is -2.17. The number of hydrogen-bond acceptors (Lipinski definition) is 4. The number of unbranched alkanes of at least 4 members (excludes halogenated alkanes) is 5. The molecule has 0 aliphatic rings. The third-order valence-corrected chi connectivity index (χ3v) is 5.76. The summed E-state index contributed by atoms with van der Waals surface area (Å²) in [4.78, 5) is 12.0. The number of amides is 1. The number of carbonyl (C=O) groups excluding carboxylic acids is 1. The Morgan fingerprint density at radius 2 is 1.42 bits per heavy atom. The van der Waals surface area contributed by atoms with Gasteiger partial charge in [0.2, 0.25) is 5.91 Å². The number of nitrogens with one attached hydrogen (secondary N) is 2. The van der Waals surface area contributed by atoms with Gasteiger partial charge in [0.15, 0.2) is 0 Å².